The molecule has 1 saturated heterocycles. The first kappa shape index (κ1) is 23.2. The first-order valence-corrected chi connectivity index (χ1v) is 11.4. The molecule has 34 heavy (non-hydrogen) atoms. The quantitative estimate of drug-likeness (QED) is 0.443. The largest absolute Gasteiger partial charge is 0.353 e. The Kier molecular flexibility index (Phi) is 7.01. The van der Waals surface area contributed by atoms with Gasteiger partial charge >= 0.3 is 6.03 Å². The van der Waals surface area contributed by atoms with Crippen molar-refractivity contribution >= 4 is 17.5 Å². The molecular weight excluding hydrogens is 432 g/mol. The number of benzene rings is 2. The molecule has 0 spiro atoms. The molecule has 2 aromatic carbocycles. The Balaban J connectivity index is 1.72. The molecule has 0 unspecified atom stereocenters. The predicted octanol–water partition coefficient (Wildman–Crippen LogP) is 3.80. The van der Waals surface area contributed by atoms with E-state index >= 15 is 0 Å². The summed E-state index contributed by atoms with van der Waals surface area (Å²) in [4.78, 5) is 37.1. The number of aryl methyl sites for hydroxylation is 1. The van der Waals surface area contributed by atoms with Crippen molar-refractivity contribution in [3.63, 3.8) is 0 Å². The number of nitro groups is 1. The molecule has 2 heterocycles. The van der Waals surface area contributed by atoms with Gasteiger partial charge in [-0.2, -0.15) is 0 Å². The number of para-hydroxylation sites is 1. The van der Waals surface area contributed by atoms with Crippen LogP contribution in [0, 0.1) is 17.0 Å². The van der Waals surface area contributed by atoms with Crippen LogP contribution in [0.4, 0.5) is 16.3 Å². The van der Waals surface area contributed by atoms with Crippen LogP contribution in [-0.2, 0) is 6.42 Å². The maximum absolute atomic E-state index is 12.3. The molecular formula is C25H28N6O3. The zero-order chi connectivity index (χ0) is 24.1. The second kappa shape index (κ2) is 10.3. The minimum absolute atomic E-state index is 0.0638. The van der Waals surface area contributed by atoms with Gasteiger partial charge in [-0.3, -0.25) is 10.1 Å². The Morgan fingerprint density at radius 1 is 1.03 bits per heavy atom. The number of hydrogen-bond acceptors (Lipinski definition) is 6. The Labute approximate surface area is 198 Å². The monoisotopic (exact) mass is 460 g/mol. The minimum Gasteiger partial charge on any atom is -0.353 e. The van der Waals surface area contributed by atoms with Gasteiger partial charge in [-0.1, -0.05) is 48.5 Å². The molecule has 1 N–H and O–H groups in total. The number of piperazine rings is 1. The van der Waals surface area contributed by atoms with Crippen LogP contribution in [0.15, 0.2) is 54.6 Å². The number of urea groups is 1. The summed E-state index contributed by atoms with van der Waals surface area (Å²) in [6.07, 6.45) is 0.351. The zero-order valence-electron chi connectivity index (χ0n) is 19.4. The summed E-state index contributed by atoms with van der Waals surface area (Å²) in [6, 6.07) is 16.5. The van der Waals surface area contributed by atoms with Crippen LogP contribution in [0.3, 0.4) is 0 Å². The number of anilines is 1. The third-order valence-corrected chi connectivity index (χ3v) is 5.97. The van der Waals surface area contributed by atoms with Crippen molar-refractivity contribution in [1.82, 2.24) is 20.2 Å². The lowest BCUT2D eigenvalue weighted by molar-refractivity contribution is -0.385. The molecule has 176 valence electrons. The van der Waals surface area contributed by atoms with Crippen molar-refractivity contribution in [1.29, 1.82) is 0 Å². The molecule has 3 aromatic rings. The summed E-state index contributed by atoms with van der Waals surface area (Å²) >= 11 is 0. The zero-order valence-corrected chi connectivity index (χ0v) is 19.4. The van der Waals surface area contributed by atoms with Gasteiger partial charge in [0.15, 0.2) is 5.82 Å². The van der Waals surface area contributed by atoms with Gasteiger partial charge in [-0.15, -0.1) is 0 Å². The summed E-state index contributed by atoms with van der Waals surface area (Å²) in [5.74, 6) is 1.38. The van der Waals surface area contributed by atoms with Crippen LogP contribution in [0.2, 0.25) is 0 Å². The van der Waals surface area contributed by atoms with E-state index in [2.05, 4.69) is 10.2 Å². The van der Waals surface area contributed by atoms with E-state index in [9.17, 15) is 14.9 Å². The van der Waals surface area contributed by atoms with E-state index in [0.717, 1.165) is 22.6 Å². The first-order valence-electron chi connectivity index (χ1n) is 11.4. The Morgan fingerprint density at radius 2 is 1.71 bits per heavy atom. The summed E-state index contributed by atoms with van der Waals surface area (Å²) in [6.45, 7) is 6.79. The highest BCUT2D eigenvalue weighted by atomic mass is 16.6. The van der Waals surface area contributed by atoms with Crippen molar-refractivity contribution in [3.05, 3.63) is 81.5 Å². The Bertz CT molecular complexity index is 1180. The Hall–Kier alpha value is -4.01. The summed E-state index contributed by atoms with van der Waals surface area (Å²) < 4.78 is 0. The van der Waals surface area contributed by atoms with E-state index in [1.54, 1.807) is 17.0 Å². The molecule has 1 aromatic heterocycles. The van der Waals surface area contributed by atoms with Crippen molar-refractivity contribution < 1.29 is 9.72 Å². The average Bonchev–Trinajstić information content (AvgIpc) is 2.86. The number of amides is 2. The molecule has 0 aliphatic carbocycles. The van der Waals surface area contributed by atoms with Gasteiger partial charge in [-0.25, -0.2) is 14.8 Å². The highest BCUT2D eigenvalue weighted by Gasteiger charge is 2.26. The summed E-state index contributed by atoms with van der Waals surface area (Å²) in [7, 11) is 0. The van der Waals surface area contributed by atoms with Crippen LogP contribution in [0.5, 0.6) is 0 Å². The van der Waals surface area contributed by atoms with Crippen LogP contribution >= 0.6 is 0 Å². The third-order valence-electron chi connectivity index (χ3n) is 5.97. The fraction of sp³-hybridized carbons (Fsp3) is 0.320. The van der Waals surface area contributed by atoms with Gasteiger partial charge in [0.05, 0.1) is 4.92 Å². The van der Waals surface area contributed by atoms with Gasteiger partial charge < -0.3 is 15.1 Å². The van der Waals surface area contributed by atoms with Crippen LogP contribution < -0.4 is 10.2 Å². The number of rotatable bonds is 6. The molecule has 1 fully saturated rings. The van der Waals surface area contributed by atoms with Gasteiger partial charge in [0.25, 0.3) is 5.69 Å². The standard InChI is InChI=1S/C25H28N6O3/c1-3-26-25(32)30-15-13-29(14-16-30)24-21(17-20-11-7-8-12-22(20)31(33)34)18(2)27-23(28-24)19-9-5-4-6-10-19/h4-12H,3,13-17H2,1-2H3,(H,26,32). The fourth-order valence-corrected chi connectivity index (χ4v) is 4.18. The van der Waals surface area contributed by atoms with Crippen LogP contribution in [0.1, 0.15) is 23.7 Å². The number of nitrogens with one attached hydrogen (secondary N) is 1. The van der Waals surface area contributed by atoms with Gasteiger partial charge in [0, 0.05) is 67.6 Å². The second-order valence-corrected chi connectivity index (χ2v) is 8.17. The minimum atomic E-state index is -0.353. The fourth-order valence-electron chi connectivity index (χ4n) is 4.18. The summed E-state index contributed by atoms with van der Waals surface area (Å²) in [5.41, 5.74) is 3.26. The van der Waals surface area contributed by atoms with E-state index in [-0.39, 0.29) is 16.6 Å². The molecule has 0 saturated carbocycles. The van der Waals surface area contributed by atoms with Crippen molar-refractivity contribution in [2.24, 2.45) is 0 Å². The number of carbonyl (C=O) groups excluding carboxylic acids is 1. The molecule has 1 aliphatic heterocycles. The lowest BCUT2D eigenvalue weighted by atomic mass is 10.0. The average molecular weight is 461 g/mol. The van der Waals surface area contributed by atoms with E-state index in [0.29, 0.717) is 50.5 Å². The molecule has 1 aliphatic rings. The molecule has 0 radical (unpaired) electrons. The maximum Gasteiger partial charge on any atom is 0.317 e. The third kappa shape index (κ3) is 4.98. The molecule has 9 heteroatoms. The SMILES string of the molecule is CCNC(=O)N1CCN(c2nc(-c3ccccc3)nc(C)c2Cc2ccccc2[N+](=O)[O-])CC1. The molecule has 9 nitrogen and oxygen atoms in total. The number of nitrogens with zero attached hydrogens (tertiary/aromatic N) is 5. The topological polar surface area (TPSA) is 104 Å². The van der Waals surface area contributed by atoms with Crippen molar-refractivity contribution in [2.75, 3.05) is 37.6 Å². The van der Waals surface area contributed by atoms with Crippen molar-refractivity contribution in [2.45, 2.75) is 20.3 Å². The van der Waals surface area contributed by atoms with Gasteiger partial charge in [-0.05, 0) is 13.8 Å². The number of nitro benzene ring substituents is 1. The van der Waals surface area contributed by atoms with Gasteiger partial charge in [0.2, 0.25) is 0 Å². The highest BCUT2D eigenvalue weighted by Crippen LogP contribution is 2.30. The number of carbonyl (C=O) groups is 1. The number of aromatic nitrogens is 2. The predicted molar refractivity (Wildman–Crippen MR) is 131 cm³/mol. The molecule has 4 rings (SSSR count). The molecule has 0 atom stereocenters. The Morgan fingerprint density at radius 3 is 2.38 bits per heavy atom. The first-order chi connectivity index (χ1) is 16.5. The molecule has 0 bridgehead atoms. The molecule has 2 amide bonds. The van der Waals surface area contributed by atoms with Gasteiger partial charge in [0.1, 0.15) is 5.82 Å². The lowest BCUT2D eigenvalue weighted by Gasteiger charge is -2.36. The summed E-state index contributed by atoms with van der Waals surface area (Å²) in [5, 5.41) is 14.4. The number of hydrogen-bond donors (Lipinski definition) is 1. The van der Waals surface area contributed by atoms with Crippen molar-refractivity contribution in [3.8, 4) is 11.4 Å². The van der Waals surface area contributed by atoms with E-state index in [1.807, 2.05) is 50.2 Å². The van der Waals surface area contributed by atoms with Crippen LogP contribution in [-0.4, -0.2) is 58.5 Å². The normalized spacial score (nSPS) is 13.6. The van der Waals surface area contributed by atoms with Crippen LogP contribution in [0.25, 0.3) is 11.4 Å². The van der Waals surface area contributed by atoms with E-state index in [4.69, 9.17) is 9.97 Å². The lowest BCUT2D eigenvalue weighted by Crippen LogP contribution is -2.52. The smallest absolute Gasteiger partial charge is 0.317 e. The van der Waals surface area contributed by atoms with E-state index in [1.165, 1.54) is 6.07 Å². The van der Waals surface area contributed by atoms with E-state index < -0.39 is 0 Å². The maximum atomic E-state index is 12.3. The highest BCUT2D eigenvalue weighted by molar-refractivity contribution is 5.74. The second-order valence-electron chi connectivity index (χ2n) is 8.17.